The van der Waals surface area contributed by atoms with Crippen molar-refractivity contribution in [2.45, 2.75) is 33.6 Å². The number of aliphatic hydroxyl groups excluding tert-OH is 1. The Kier molecular flexibility index (Phi) is 9.18. The molecule has 0 aliphatic heterocycles. The van der Waals surface area contributed by atoms with Crippen LogP contribution in [0.3, 0.4) is 0 Å². The lowest BCUT2D eigenvalue weighted by Gasteiger charge is -2.01. The molecule has 5 N–H and O–H groups in total. The molecule has 6 heteroatoms. The Balaban J connectivity index is 0.000000423. The van der Waals surface area contributed by atoms with E-state index in [9.17, 15) is 4.79 Å². The van der Waals surface area contributed by atoms with Crippen LogP contribution in [0.25, 0.3) is 0 Å². The number of hydrogen-bond acceptors (Lipinski definition) is 5. The van der Waals surface area contributed by atoms with Gasteiger partial charge in [0, 0.05) is 0 Å². The van der Waals surface area contributed by atoms with E-state index >= 15 is 0 Å². The molecule has 6 nitrogen and oxygen atoms in total. The number of carbonyl (C=O) groups is 1. The zero-order chi connectivity index (χ0) is 18.0. The summed E-state index contributed by atoms with van der Waals surface area (Å²) in [4.78, 5) is 10.3. The summed E-state index contributed by atoms with van der Waals surface area (Å²) in [7, 11) is 0. The molecule has 0 aromatic heterocycles. The monoisotopic (exact) mass is 324 g/mol. The number of carboxylic acid groups (broad SMARTS) is 1. The van der Waals surface area contributed by atoms with Crippen molar-refractivity contribution < 1.29 is 30.3 Å². The number of aromatic hydroxyl groups is 3. The van der Waals surface area contributed by atoms with Gasteiger partial charge >= 0.3 is 5.97 Å². The highest BCUT2D eigenvalue weighted by atomic mass is 16.4. The van der Waals surface area contributed by atoms with E-state index in [2.05, 4.69) is 26.8 Å². The van der Waals surface area contributed by atoms with Crippen molar-refractivity contribution in [3.8, 4) is 17.2 Å². The fourth-order valence-corrected chi connectivity index (χ4v) is 1.57. The Morgan fingerprint density at radius 3 is 1.96 bits per heavy atom. The van der Waals surface area contributed by atoms with Crippen molar-refractivity contribution >= 4 is 5.97 Å². The maximum absolute atomic E-state index is 10.3. The molecule has 0 saturated carbocycles. The average Bonchev–Trinajstić information content (AvgIpc) is 2.44. The molecule has 128 valence electrons. The van der Waals surface area contributed by atoms with E-state index in [0.717, 1.165) is 25.0 Å². The first-order valence-corrected chi connectivity index (χ1v) is 7.07. The quantitative estimate of drug-likeness (QED) is 0.419. The molecule has 0 heterocycles. The van der Waals surface area contributed by atoms with E-state index < -0.39 is 23.2 Å². The second-order valence-corrected chi connectivity index (χ2v) is 5.22. The molecule has 0 unspecified atom stereocenters. The molecule has 23 heavy (non-hydrogen) atoms. The number of phenols is 3. The Bertz CT molecular complexity index is 560. The summed E-state index contributed by atoms with van der Waals surface area (Å²) < 4.78 is 0. The molecular weight excluding hydrogens is 300 g/mol. The lowest BCUT2D eigenvalue weighted by Crippen LogP contribution is -1.95. The minimum Gasteiger partial charge on any atom is -0.504 e. The maximum atomic E-state index is 10.3. The molecule has 0 radical (unpaired) electrons. The SMILES string of the molecule is CC(C)=CCCC(C)=CCO.O=C(O)c1cc(O)c(O)c(O)c1. The predicted octanol–water partition coefficient (Wildman–Crippen LogP) is 3.17. The zero-order valence-electron chi connectivity index (χ0n) is 13.6. The van der Waals surface area contributed by atoms with Gasteiger partial charge in [0.05, 0.1) is 12.2 Å². The van der Waals surface area contributed by atoms with Gasteiger partial charge in [-0.2, -0.15) is 0 Å². The molecule has 0 atom stereocenters. The molecule has 0 amide bonds. The number of aromatic carboxylic acids is 1. The minimum atomic E-state index is -1.29. The van der Waals surface area contributed by atoms with E-state index in [1.165, 1.54) is 11.1 Å². The Labute approximate surface area is 135 Å². The van der Waals surface area contributed by atoms with Crippen molar-refractivity contribution in [3.05, 3.63) is 41.0 Å². The van der Waals surface area contributed by atoms with Crippen molar-refractivity contribution in [1.82, 2.24) is 0 Å². The van der Waals surface area contributed by atoms with Gasteiger partial charge in [-0.1, -0.05) is 23.3 Å². The predicted molar refractivity (Wildman–Crippen MR) is 87.9 cm³/mol. The van der Waals surface area contributed by atoms with E-state index in [-0.39, 0.29) is 12.2 Å². The molecule has 0 aliphatic rings. The molecular formula is C17H24O6. The fraction of sp³-hybridized carbons (Fsp3) is 0.353. The fourth-order valence-electron chi connectivity index (χ4n) is 1.57. The number of allylic oxidation sites excluding steroid dienone is 3. The smallest absolute Gasteiger partial charge is 0.335 e. The van der Waals surface area contributed by atoms with Crippen LogP contribution < -0.4 is 0 Å². The normalized spacial score (nSPS) is 10.5. The number of carboxylic acids is 1. The number of aliphatic hydroxyl groups is 1. The summed E-state index contributed by atoms with van der Waals surface area (Å²) in [5.41, 5.74) is 2.34. The third kappa shape index (κ3) is 8.53. The molecule has 1 rings (SSSR count). The topological polar surface area (TPSA) is 118 Å². The molecule has 1 aromatic rings. The minimum absolute atomic E-state index is 0.167. The van der Waals surface area contributed by atoms with Crippen LogP contribution in [-0.4, -0.2) is 38.1 Å². The van der Waals surface area contributed by atoms with Crippen molar-refractivity contribution in [3.63, 3.8) is 0 Å². The van der Waals surface area contributed by atoms with Gasteiger partial charge < -0.3 is 25.5 Å². The Morgan fingerprint density at radius 2 is 1.57 bits per heavy atom. The Hall–Kier alpha value is -2.47. The standard InChI is InChI=1S/C10H18O.C7H6O5/c1-9(2)5-4-6-10(3)7-8-11;8-4-1-3(7(11)12)2-5(9)6(4)10/h5,7,11H,4,6,8H2,1-3H3;1-2,8-10H,(H,11,12). The first-order valence-electron chi connectivity index (χ1n) is 7.07. The van der Waals surface area contributed by atoms with E-state index in [0.29, 0.717) is 0 Å². The van der Waals surface area contributed by atoms with Crippen LogP contribution in [0.15, 0.2) is 35.4 Å². The van der Waals surface area contributed by atoms with Crippen LogP contribution in [0.5, 0.6) is 17.2 Å². The zero-order valence-corrected chi connectivity index (χ0v) is 13.6. The summed E-state index contributed by atoms with van der Waals surface area (Å²) in [6.45, 7) is 6.42. The van der Waals surface area contributed by atoms with Crippen molar-refractivity contribution in [2.75, 3.05) is 6.61 Å². The number of hydrogen-bond donors (Lipinski definition) is 5. The largest absolute Gasteiger partial charge is 0.504 e. The van der Waals surface area contributed by atoms with Gasteiger partial charge in [-0.05, 0) is 45.7 Å². The molecule has 0 spiro atoms. The van der Waals surface area contributed by atoms with E-state index in [1.54, 1.807) is 0 Å². The van der Waals surface area contributed by atoms with Gasteiger partial charge in [0.25, 0.3) is 0 Å². The lowest BCUT2D eigenvalue weighted by molar-refractivity contribution is 0.0696. The van der Waals surface area contributed by atoms with Gasteiger partial charge in [0.1, 0.15) is 0 Å². The van der Waals surface area contributed by atoms with Gasteiger partial charge in [0.15, 0.2) is 17.2 Å². The van der Waals surface area contributed by atoms with E-state index in [1.807, 2.05) is 6.08 Å². The lowest BCUT2D eigenvalue weighted by atomic mass is 10.1. The van der Waals surface area contributed by atoms with Crippen LogP contribution in [0.4, 0.5) is 0 Å². The van der Waals surface area contributed by atoms with Crippen LogP contribution in [0.1, 0.15) is 44.0 Å². The van der Waals surface area contributed by atoms with Crippen molar-refractivity contribution in [1.29, 1.82) is 0 Å². The Morgan fingerprint density at radius 1 is 1.04 bits per heavy atom. The van der Waals surface area contributed by atoms with Gasteiger partial charge in [-0.15, -0.1) is 0 Å². The van der Waals surface area contributed by atoms with Crippen LogP contribution in [0.2, 0.25) is 0 Å². The van der Waals surface area contributed by atoms with Gasteiger partial charge in [-0.25, -0.2) is 4.79 Å². The summed E-state index contributed by atoms with van der Waals surface area (Å²) in [5, 5.41) is 43.5. The van der Waals surface area contributed by atoms with Gasteiger partial charge in [-0.3, -0.25) is 0 Å². The number of benzene rings is 1. The highest BCUT2D eigenvalue weighted by Crippen LogP contribution is 2.35. The van der Waals surface area contributed by atoms with Crippen LogP contribution >= 0.6 is 0 Å². The third-order valence-corrected chi connectivity index (χ3v) is 2.85. The molecule has 0 bridgehead atoms. The molecule has 0 aliphatic carbocycles. The first kappa shape index (κ1) is 20.5. The maximum Gasteiger partial charge on any atom is 0.335 e. The molecule has 0 saturated heterocycles. The molecule has 1 aromatic carbocycles. The van der Waals surface area contributed by atoms with Crippen LogP contribution in [-0.2, 0) is 0 Å². The molecule has 0 fully saturated rings. The second-order valence-electron chi connectivity index (χ2n) is 5.22. The van der Waals surface area contributed by atoms with Gasteiger partial charge in [0.2, 0.25) is 0 Å². The third-order valence-electron chi connectivity index (χ3n) is 2.85. The first-order chi connectivity index (χ1) is 10.7. The second kappa shape index (κ2) is 10.3. The van der Waals surface area contributed by atoms with Crippen molar-refractivity contribution in [2.24, 2.45) is 0 Å². The summed E-state index contributed by atoms with van der Waals surface area (Å²) in [5.74, 6) is -3.33. The van der Waals surface area contributed by atoms with E-state index in [4.69, 9.17) is 25.5 Å². The average molecular weight is 324 g/mol. The summed E-state index contributed by atoms with van der Waals surface area (Å²) >= 11 is 0. The number of phenolic OH excluding ortho intramolecular Hbond substituents is 3. The highest BCUT2D eigenvalue weighted by Gasteiger charge is 2.11. The van der Waals surface area contributed by atoms with Crippen LogP contribution in [0, 0.1) is 0 Å². The summed E-state index contributed by atoms with van der Waals surface area (Å²) in [6, 6.07) is 1.69. The highest BCUT2D eigenvalue weighted by molar-refractivity contribution is 5.89. The number of rotatable bonds is 5. The summed E-state index contributed by atoms with van der Waals surface area (Å²) in [6.07, 6.45) is 6.23.